The molecule has 0 heterocycles. The Labute approximate surface area is 66.3 Å². The molecule has 57 valence electrons. The maximum atomic E-state index is 9.99. The highest BCUT2D eigenvalue weighted by Gasteiger charge is 1.95. The third-order valence-corrected chi connectivity index (χ3v) is 1.33. The van der Waals surface area contributed by atoms with Crippen molar-refractivity contribution in [3.63, 3.8) is 0 Å². The van der Waals surface area contributed by atoms with Gasteiger partial charge < -0.3 is 15.0 Å². The van der Waals surface area contributed by atoms with Crippen LogP contribution in [0.1, 0.15) is 0 Å². The van der Waals surface area contributed by atoms with Crippen molar-refractivity contribution in [1.29, 1.82) is 0 Å². The zero-order valence-corrected chi connectivity index (χ0v) is 6.20. The quantitative estimate of drug-likeness (QED) is 0.615. The summed E-state index contributed by atoms with van der Waals surface area (Å²) in [6.07, 6.45) is 0. The lowest BCUT2D eigenvalue weighted by molar-refractivity contribution is -0.198. The summed E-state index contributed by atoms with van der Waals surface area (Å²) in [4.78, 5) is 0. The van der Waals surface area contributed by atoms with Gasteiger partial charge >= 0.3 is 0 Å². The van der Waals surface area contributed by atoms with Gasteiger partial charge in [0, 0.05) is 7.05 Å². The Hall–Kier alpha value is -1.16. The zero-order chi connectivity index (χ0) is 8.10. The average molecular weight is 149 g/mol. The van der Waals surface area contributed by atoms with Crippen molar-refractivity contribution in [3.8, 4) is 5.75 Å². The molecule has 0 bridgehead atoms. The zero-order valence-electron chi connectivity index (χ0n) is 6.20. The fourth-order valence-electron chi connectivity index (χ4n) is 0.828. The predicted octanol–water partition coefficient (Wildman–Crippen LogP) is 0.00160. The number of para-hydroxylation sites is 2. The number of rotatable bonds is 3. The van der Waals surface area contributed by atoms with Crippen LogP contribution in [0.25, 0.3) is 0 Å². The molecule has 0 aromatic heterocycles. The van der Waals surface area contributed by atoms with Gasteiger partial charge in [0.15, 0.2) is 0 Å². The second-order valence-electron chi connectivity index (χ2n) is 1.96. The molecule has 1 radical (unpaired) electrons. The van der Waals surface area contributed by atoms with Crippen molar-refractivity contribution in [2.45, 2.75) is 0 Å². The first-order valence-electron chi connectivity index (χ1n) is 3.25. The predicted molar refractivity (Wildman–Crippen MR) is 42.4 cm³/mol. The summed E-state index contributed by atoms with van der Waals surface area (Å²) < 4.78 is 4.68. The summed E-state index contributed by atoms with van der Waals surface area (Å²) in [5.74, 6) is 0.546. The Balaban J connectivity index is 2.83. The molecule has 0 unspecified atom stereocenters. The van der Waals surface area contributed by atoms with Gasteiger partial charge in [-0.3, -0.25) is 0 Å². The van der Waals surface area contributed by atoms with Crippen LogP contribution in [0.3, 0.4) is 0 Å². The van der Waals surface area contributed by atoms with Crippen LogP contribution in [-0.2, 0) is 0 Å². The van der Waals surface area contributed by atoms with E-state index in [1.54, 1.807) is 19.2 Å². The number of hydrogen-bond acceptors (Lipinski definition) is 3. The molecule has 11 heavy (non-hydrogen) atoms. The van der Waals surface area contributed by atoms with Gasteiger partial charge in [-0.15, -0.1) is 0 Å². The molecule has 0 spiro atoms. The van der Waals surface area contributed by atoms with Gasteiger partial charge in [0.25, 0.3) is 0 Å². The van der Waals surface area contributed by atoms with E-state index in [-0.39, 0.29) is 0 Å². The van der Waals surface area contributed by atoms with Crippen LogP contribution in [0.4, 0.5) is 5.69 Å². The van der Waals surface area contributed by atoms with Crippen LogP contribution in [-0.4, -0.2) is 14.7 Å². The summed E-state index contributed by atoms with van der Waals surface area (Å²) in [5, 5.41) is 12.9. The second kappa shape index (κ2) is 3.88. The SMILES string of the molecule is CNc1ccccc1O[B][O-]. The van der Waals surface area contributed by atoms with Gasteiger partial charge in [0.05, 0.1) is 5.69 Å². The highest BCUT2D eigenvalue weighted by atomic mass is 16.5. The Morgan fingerprint density at radius 2 is 2.18 bits per heavy atom. The van der Waals surface area contributed by atoms with Gasteiger partial charge in [-0.1, -0.05) is 12.1 Å². The van der Waals surface area contributed by atoms with Crippen LogP contribution in [0.2, 0.25) is 0 Å². The van der Waals surface area contributed by atoms with E-state index in [1.807, 2.05) is 12.1 Å². The van der Waals surface area contributed by atoms with Gasteiger partial charge in [-0.25, -0.2) is 0 Å². The van der Waals surface area contributed by atoms with E-state index in [2.05, 4.69) is 9.97 Å². The van der Waals surface area contributed by atoms with Gasteiger partial charge in [0.2, 0.25) is 7.69 Å². The van der Waals surface area contributed by atoms with E-state index in [0.29, 0.717) is 13.4 Å². The van der Waals surface area contributed by atoms with E-state index in [1.165, 1.54) is 0 Å². The van der Waals surface area contributed by atoms with Crippen molar-refractivity contribution < 1.29 is 9.68 Å². The fourth-order valence-corrected chi connectivity index (χ4v) is 0.828. The van der Waals surface area contributed by atoms with Gasteiger partial charge in [-0.05, 0) is 12.1 Å². The number of nitrogens with one attached hydrogen (secondary N) is 1. The summed E-state index contributed by atoms with van der Waals surface area (Å²) in [5.41, 5.74) is 0.805. The largest absolute Gasteiger partial charge is 0.850 e. The maximum Gasteiger partial charge on any atom is 0.244 e. The first-order valence-corrected chi connectivity index (χ1v) is 3.25. The molecule has 3 nitrogen and oxygen atoms in total. The third-order valence-electron chi connectivity index (χ3n) is 1.33. The molecule has 0 aliphatic heterocycles. The van der Waals surface area contributed by atoms with E-state index < -0.39 is 0 Å². The summed E-state index contributed by atoms with van der Waals surface area (Å²) in [7, 11) is 2.18. The highest BCUT2D eigenvalue weighted by Crippen LogP contribution is 2.21. The smallest absolute Gasteiger partial charge is 0.244 e. The molecule has 0 atom stereocenters. The Morgan fingerprint density at radius 1 is 1.45 bits per heavy atom. The van der Waals surface area contributed by atoms with Crippen LogP contribution < -0.4 is 15.0 Å². The van der Waals surface area contributed by atoms with Crippen molar-refractivity contribution in [3.05, 3.63) is 24.3 Å². The second-order valence-corrected chi connectivity index (χ2v) is 1.96. The van der Waals surface area contributed by atoms with E-state index in [0.717, 1.165) is 5.69 Å². The molecule has 0 aliphatic rings. The Bertz CT molecular complexity index is 229. The minimum Gasteiger partial charge on any atom is -0.850 e. The van der Waals surface area contributed by atoms with E-state index in [4.69, 9.17) is 0 Å². The topological polar surface area (TPSA) is 44.3 Å². The van der Waals surface area contributed by atoms with Crippen molar-refractivity contribution in [2.75, 3.05) is 12.4 Å². The minimum atomic E-state index is 0.413. The monoisotopic (exact) mass is 149 g/mol. The van der Waals surface area contributed by atoms with E-state index in [9.17, 15) is 5.02 Å². The Kier molecular flexibility index (Phi) is 2.80. The first-order chi connectivity index (χ1) is 5.38. The highest BCUT2D eigenvalue weighted by molar-refractivity contribution is 6.15. The van der Waals surface area contributed by atoms with Crippen LogP contribution in [0.15, 0.2) is 24.3 Å². The molecule has 0 saturated heterocycles. The normalized spacial score (nSPS) is 8.91. The van der Waals surface area contributed by atoms with Gasteiger partial charge in [-0.2, -0.15) is 0 Å². The molecule has 4 heteroatoms. The molecular formula is C7H8BNO2-. The molecule has 0 amide bonds. The van der Waals surface area contributed by atoms with Crippen molar-refractivity contribution in [2.24, 2.45) is 0 Å². The molecule has 1 aromatic rings. The lowest BCUT2D eigenvalue weighted by Gasteiger charge is -2.12. The van der Waals surface area contributed by atoms with E-state index >= 15 is 0 Å². The molecule has 0 saturated carbocycles. The van der Waals surface area contributed by atoms with Crippen molar-refractivity contribution >= 4 is 13.4 Å². The van der Waals surface area contributed by atoms with Crippen LogP contribution in [0, 0.1) is 0 Å². The minimum absolute atomic E-state index is 0.413. The molecule has 0 aliphatic carbocycles. The molecule has 1 N–H and O–H groups in total. The van der Waals surface area contributed by atoms with Crippen molar-refractivity contribution in [1.82, 2.24) is 0 Å². The van der Waals surface area contributed by atoms with Crippen LogP contribution >= 0.6 is 0 Å². The number of hydrogen-bond donors (Lipinski definition) is 1. The van der Waals surface area contributed by atoms with Crippen LogP contribution in [0.5, 0.6) is 5.75 Å². The molecule has 1 aromatic carbocycles. The lowest BCUT2D eigenvalue weighted by Crippen LogP contribution is -2.19. The summed E-state index contributed by atoms with van der Waals surface area (Å²) >= 11 is 0. The fraction of sp³-hybridized carbons (Fsp3) is 0.143. The lowest BCUT2D eigenvalue weighted by atomic mass is 10.3. The molecular weight excluding hydrogens is 141 g/mol. The number of benzene rings is 1. The standard InChI is InChI=1S/C7H8BNO2/c1-9-6-4-2-3-5-7(6)11-8-10/h2-5,9H,1H3/q-1. The molecule has 0 fully saturated rings. The number of anilines is 1. The maximum absolute atomic E-state index is 9.99. The summed E-state index contributed by atoms with van der Waals surface area (Å²) in [6.45, 7) is 0. The Morgan fingerprint density at radius 3 is 2.82 bits per heavy atom. The third kappa shape index (κ3) is 1.88. The van der Waals surface area contributed by atoms with Gasteiger partial charge in [0.1, 0.15) is 5.75 Å². The molecule has 1 rings (SSSR count). The first kappa shape index (κ1) is 7.95. The average Bonchev–Trinajstić information content (AvgIpc) is 2.06. The summed E-state index contributed by atoms with van der Waals surface area (Å²) in [6, 6.07) is 7.22.